The van der Waals surface area contributed by atoms with Crippen LogP contribution in [0.2, 0.25) is 0 Å². The molecule has 1 aromatic heterocycles. The first kappa shape index (κ1) is 21.8. The van der Waals surface area contributed by atoms with Gasteiger partial charge in [-0.1, -0.05) is 76.7 Å². The molecule has 2 heterocycles. The largest absolute Gasteiger partial charge is 0.441 e. The Morgan fingerprint density at radius 3 is 2.61 bits per heavy atom. The van der Waals surface area contributed by atoms with Crippen molar-refractivity contribution in [3.05, 3.63) is 70.9 Å². The topological polar surface area (TPSA) is 67.2 Å². The predicted octanol–water partition coefficient (Wildman–Crippen LogP) is 4.83. The summed E-state index contributed by atoms with van der Waals surface area (Å²) in [5.74, 6) is 1.42. The zero-order valence-electron chi connectivity index (χ0n) is 17.2. The minimum absolute atomic E-state index is 0.0117. The average molecular weight is 400 g/mol. The maximum Gasteiger partial charge on any atom is 0.226 e. The fraction of sp³-hybridized carbons (Fsp3) is 0.364. The molecular weight excluding hydrogens is 370 g/mol. The summed E-state index contributed by atoms with van der Waals surface area (Å²) in [7, 11) is 0. The van der Waals surface area contributed by atoms with E-state index in [0.717, 1.165) is 16.2 Å². The van der Waals surface area contributed by atoms with Crippen LogP contribution in [0.4, 0.5) is 0 Å². The number of benzene rings is 1. The van der Waals surface area contributed by atoms with Crippen LogP contribution in [-0.2, 0) is 16.6 Å². The van der Waals surface area contributed by atoms with Crippen molar-refractivity contribution in [3.8, 4) is 0 Å². The molecule has 1 aliphatic rings. The molecule has 1 atom stereocenters. The second-order valence-corrected chi connectivity index (χ2v) is 8.27. The number of thioether (sulfide) groups is 1. The van der Waals surface area contributed by atoms with Crippen LogP contribution >= 0.6 is 11.8 Å². The highest BCUT2D eigenvalue weighted by atomic mass is 32.2. The van der Waals surface area contributed by atoms with Crippen LogP contribution in [0.3, 0.4) is 0 Å². The Kier molecular flexibility index (Phi) is 7.93. The number of nitrogens with zero attached hydrogens (tertiary/aromatic N) is 1. The van der Waals surface area contributed by atoms with Gasteiger partial charge in [0, 0.05) is 22.6 Å². The Balaban J connectivity index is 0.00000136. The predicted molar refractivity (Wildman–Crippen MR) is 116 cm³/mol. The zero-order valence-corrected chi connectivity index (χ0v) is 18.0. The first-order chi connectivity index (χ1) is 13.4. The van der Waals surface area contributed by atoms with Crippen molar-refractivity contribution in [1.82, 2.24) is 15.6 Å². The Morgan fingerprint density at radius 1 is 1.25 bits per heavy atom. The number of nitrogens with one attached hydrogen (secondary N) is 2. The summed E-state index contributed by atoms with van der Waals surface area (Å²) in [4.78, 5) is 17.4. The average Bonchev–Trinajstić information content (AvgIpc) is 3.31. The fourth-order valence-electron chi connectivity index (χ4n) is 2.36. The van der Waals surface area contributed by atoms with E-state index >= 15 is 0 Å². The molecule has 1 unspecified atom stereocenters. The lowest BCUT2D eigenvalue weighted by Crippen LogP contribution is -2.39. The number of carbonyl (C=O) groups is 1. The Morgan fingerprint density at radius 2 is 1.96 bits per heavy atom. The number of oxazole rings is 1. The smallest absolute Gasteiger partial charge is 0.226 e. The Labute approximate surface area is 171 Å². The third-order valence-electron chi connectivity index (χ3n) is 3.78. The molecule has 6 heteroatoms. The van der Waals surface area contributed by atoms with Crippen LogP contribution in [0.25, 0.3) is 6.08 Å². The summed E-state index contributed by atoms with van der Waals surface area (Å²) in [5.41, 5.74) is 0.774. The van der Waals surface area contributed by atoms with Gasteiger partial charge in [0.1, 0.15) is 5.76 Å². The quantitative estimate of drug-likeness (QED) is 0.754. The lowest BCUT2D eigenvalue weighted by atomic mass is 9.94. The van der Waals surface area contributed by atoms with Crippen LogP contribution in [0, 0.1) is 0 Å². The van der Waals surface area contributed by atoms with Gasteiger partial charge in [-0.25, -0.2) is 4.98 Å². The number of carbonyl (C=O) groups excluding carboxylic acids is 1. The molecule has 150 valence electrons. The molecule has 1 amide bonds. The highest BCUT2D eigenvalue weighted by Crippen LogP contribution is 2.27. The first-order valence-corrected chi connectivity index (χ1v) is 10.4. The number of aromatic nitrogens is 1. The third-order valence-corrected chi connectivity index (χ3v) is 4.80. The van der Waals surface area contributed by atoms with E-state index in [-0.39, 0.29) is 16.8 Å². The van der Waals surface area contributed by atoms with Crippen molar-refractivity contribution in [3.63, 3.8) is 0 Å². The van der Waals surface area contributed by atoms with Crippen LogP contribution < -0.4 is 10.6 Å². The standard InChI is InChI=1S/C20H23N3O2S.C2H6/c1-20(2,3)16-13-21-18(25-16)10-9-15-12-22-19(26-15)23-17(24)11-14-7-5-4-6-8-14;1-2/h4-10,12-13,19,22H,11H2,1-3H3,(H,23,24);1-2H3/b10-9-;. The minimum atomic E-state index is -0.166. The molecule has 0 spiro atoms. The van der Waals surface area contributed by atoms with E-state index in [1.54, 1.807) is 18.0 Å². The monoisotopic (exact) mass is 399 g/mol. The Bertz CT molecular complexity index is 820. The first-order valence-electron chi connectivity index (χ1n) is 9.51. The van der Waals surface area contributed by atoms with Crippen molar-refractivity contribution in [2.24, 2.45) is 0 Å². The van der Waals surface area contributed by atoms with Crippen LogP contribution in [-0.4, -0.2) is 16.4 Å². The third kappa shape index (κ3) is 6.60. The molecule has 0 saturated carbocycles. The summed E-state index contributed by atoms with van der Waals surface area (Å²) >= 11 is 1.54. The van der Waals surface area contributed by atoms with Crippen molar-refractivity contribution in [1.29, 1.82) is 0 Å². The van der Waals surface area contributed by atoms with Crippen LogP contribution in [0.1, 0.15) is 51.8 Å². The van der Waals surface area contributed by atoms with Gasteiger partial charge in [-0.15, -0.1) is 0 Å². The van der Waals surface area contributed by atoms with E-state index in [1.807, 2.05) is 62.5 Å². The maximum atomic E-state index is 12.1. The van der Waals surface area contributed by atoms with Crippen molar-refractivity contribution in [2.75, 3.05) is 0 Å². The molecule has 2 aromatic rings. The number of hydrogen-bond acceptors (Lipinski definition) is 5. The van der Waals surface area contributed by atoms with Gasteiger partial charge in [-0.05, 0) is 11.6 Å². The van der Waals surface area contributed by atoms with Crippen molar-refractivity contribution in [2.45, 2.75) is 52.0 Å². The Hall–Kier alpha value is -2.47. The second kappa shape index (κ2) is 10.2. The van der Waals surface area contributed by atoms with Gasteiger partial charge in [0.25, 0.3) is 0 Å². The molecular formula is C22H29N3O2S. The van der Waals surface area contributed by atoms with Crippen LogP contribution in [0.15, 0.2) is 58.1 Å². The van der Waals surface area contributed by atoms with Crippen molar-refractivity contribution < 1.29 is 9.21 Å². The summed E-state index contributed by atoms with van der Waals surface area (Å²) < 4.78 is 5.74. The number of rotatable bonds is 5. The molecule has 0 bridgehead atoms. The van der Waals surface area contributed by atoms with Gasteiger partial charge in [0.05, 0.1) is 12.6 Å². The molecule has 1 aromatic carbocycles. The highest BCUT2D eigenvalue weighted by Gasteiger charge is 2.20. The zero-order chi connectivity index (χ0) is 20.6. The van der Waals surface area contributed by atoms with Crippen LogP contribution in [0.5, 0.6) is 0 Å². The van der Waals surface area contributed by atoms with E-state index in [1.165, 1.54) is 0 Å². The minimum Gasteiger partial charge on any atom is -0.441 e. The number of hydrogen-bond donors (Lipinski definition) is 2. The normalized spacial score (nSPS) is 16.2. The molecule has 28 heavy (non-hydrogen) atoms. The van der Waals surface area contributed by atoms with Crippen molar-refractivity contribution >= 4 is 23.7 Å². The van der Waals surface area contributed by atoms with Gasteiger partial charge >= 0.3 is 0 Å². The maximum absolute atomic E-state index is 12.1. The van der Waals surface area contributed by atoms with Gasteiger partial charge in [0.15, 0.2) is 5.50 Å². The van der Waals surface area contributed by atoms with Gasteiger partial charge in [-0.3, -0.25) is 4.79 Å². The van der Waals surface area contributed by atoms with E-state index < -0.39 is 0 Å². The molecule has 2 N–H and O–H groups in total. The molecule has 0 fully saturated rings. The highest BCUT2D eigenvalue weighted by molar-refractivity contribution is 8.04. The summed E-state index contributed by atoms with van der Waals surface area (Å²) in [5, 5.41) is 6.12. The summed E-state index contributed by atoms with van der Waals surface area (Å²) in [6.45, 7) is 10.3. The van der Waals surface area contributed by atoms with Gasteiger partial charge < -0.3 is 15.1 Å². The molecule has 3 rings (SSSR count). The molecule has 5 nitrogen and oxygen atoms in total. The number of allylic oxidation sites excluding steroid dienone is 1. The molecule has 0 aliphatic carbocycles. The lowest BCUT2D eigenvalue weighted by Gasteiger charge is -2.13. The summed E-state index contributed by atoms with van der Waals surface area (Å²) in [6, 6.07) is 9.70. The lowest BCUT2D eigenvalue weighted by molar-refractivity contribution is -0.120. The molecule has 1 aliphatic heterocycles. The molecule has 0 saturated heterocycles. The van der Waals surface area contributed by atoms with E-state index in [4.69, 9.17) is 4.42 Å². The van der Waals surface area contributed by atoms with E-state index in [9.17, 15) is 4.79 Å². The fourth-order valence-corrected chi connectivity index (χ4v) is 3.25. The van der Waals surface area contributed by atoms with Gasteiger partial charge in [-0.2, -0.15) is 0 Å². The van der Waals surface area contributed by atoms with E-state index in [2.05, 4.69) is 36.4 Å². The SMILES string of the molecule is CC.CC(C)(C)c1cnc(/C=C\C2=CNC(NC(=O)Cc3ccccc3)S2)o1. The second-order valence-electron chi connectivity index (χ2n) is 7.09. The molecule has 0 radical (unpaired) electrons. The van der Waals surface area contributed by atoms with Gasteiger partial charge in [0.2, 0.25) is 11.8 Å². The summed E-state index contributed by atoms with van der Waals surface area (Å²) in [6.07, 6.45) is 7.78. The van der Waals surface area contributed by atoms with E-state index in [0.29, 0.717) is 12.3 Å². The number of amides is 1.